The minimum absolute atomic E-state index is 0.442. The van der Waals surface area contributed by atoms with E-state index in [4.69, 9.17) is 5.73 Å². The average molecular weight is 238 g/mol. The van der Waals surface area contributed by atoms with Gasteiger partial charge in [0, 0.05) is 17.5 Å². The monoisotopic (exact) mass is 238 g/mol. The van der Waals surface area contributed by atoms with Crippen molar-refractivity contribution in [2.45, 2.75) is 38.8 Å². The van der Waals surface area contributed by atoms with Crippen molar-refractivity contribution in [3.63, 3.8) is 0 Å². The Bertz CT molecular complexity index is 293. The third-order valence-corrected chi connectivity index (χ3v) is 4.27. The van der Waals surface area contributed by atoms with Crippen LogP contribution in [0.15, 0.2) is 17.5 Å². The maximum atomic E-state index is 6.13. The molecule has 0 bridgehead atoms. The highest BCUT2D eigenvalue weighted by atomic mass is 32.1. The molecule has 0 saturated heterocycles. The van der Waals surface area contributed by atoms with E-state index in [1.165, 1.54) is 17.7 Å². The zero-order valence-electron chi connectivity index (χ0n) is 10.1. The molecule has 0 aromatic carbocycles. The van der Waals surface area contributed by atoms with E-state index in [0.717, 1.165) is 32.0 Å². The Morgan fingerprint density at radius 1 is 1.56 bits per heavy atom. The molecule has 0 amide bonds. The van der Waals surface area contributed by atoms with Gasteiger partial charge in [0.2, 0.25) is 0 Å². The smallest absolute Gasteiger partial charge is 0.0327 e. The lowest BCUT2D eigenvalue weighted by atomic mass is 10.1. The summed E-state index contributed by atoms with van der Waals surface area (Å²) in [5, 5.41) is 2.15. The first-order valence-corrected chi connectivity index (χ1v) is 7.18. The zero-order chi connectivity index (χ0) is 11.4. The molecule has 1 atom stereocenters. The van der Waals surface area contributed by atoms with Gasteiger partial charge in [0.15, 0.2) is 0 Å². The van der Waals surface area contributed by atoms with E-state index in [1.54, 1.807) is 0 Å². The minimum atomic E-state index is 0.442. The first kappa shape index (κ1) is 12.1. The molecule has 0 aliphatic heterocycles. The maximum Gasteiger partial charge on any atom is 0.0327 e. The fourth-order valence-corrected chi connectivity index (χ4v) is 2.81. The molecule has 2 N–H and O–H groups in total. The van der Waals surface area contributed by atoms with Gasteiger partial charge in [0.05, 0.1) is 0 Å². The van der Waals surface area contributed by atoms with Crippen LogP contribution < -0.4 is 5.73 Å². The maximum absolute atomic E-state index is 6.13. The second-order valence-corrected chi connectivity index (χ2v) is 5.77. The van der Waals surface area contributed by atoms with Gasteiger partial charge in [-0.1, -0.05) is 13.0 Å². The summed E-state index contributed by atoms with van der Waals surface area (Å²) in [5.41, 5.74) is 6.13. The van der Waals surface area contributed by atoms with Crippen molar-refractivity contribution in [3.05, 3.63) is 22.4 Å². The Balaban J connectivity index is 1.72. The molecule has 1 saturated carbocycles. The van der Waals surface area contributed by atoms with Crippen molar-refractivity contribution in [1.29, 1.82) is 0 Å². The Labute approximate surface area is 102 Å². The molecule has 1 aromatic heterocycles. The van der Waals surface area contributed by atoms with Crippen molar-refractivity contribution in [3.8, 4) is 0 Å². The quantitative estimate of drug-likeness (QED) is 0.791. The number of thiophene rings is 1. The largest absolute Gasteiger partial charge is 0.327 e. The lowest BCUT2D eigenvalue weighted by Crippen LogP contribution is -2.31. The van der Waals surface area contributed by atoms with Gasteiger partial charge in [0.25, 0.3) is 0 Å². The first-order valence-electron chi connectivity index (χ1n) is 6.30. The molecule has 3 heteroatoms. The Morgan fingerprint density at radius 3 is 2.94 bits per heavy atom. The standard InChI is InChI=1S/C13H22N2S/c1-2-15(10-12-4-3-9-16-12)8-7-13(14)11-5-6-11/h3-4,9,11,13H,2,5-8,10,14H2,1H3. The van der Waals surface area contributed by atoms with Crippen LogP contribution in [0.5, 0.6) is 0 Å². The van der Waals surface area contributed by atoms with E-state index in [-0.39, 0.29) is 0 Å². The summed E-state index contributed by atoms with van der Waals surface area (Å²) in [7, 11) is 0. The molecule has 1 aromatic rings. The summed E-state index contributed by atoms with van der Waals surface area (Å²) in [4.78, 5) is 3.95. The van der Waals surface area contributed by atoms with E-state index >= 15 is 0 Å². The predicted octanol–water partition coefficient (Wildman–Crippen LogP) is 2.70. The van der Waals surface area contributed by atoms with Crippen LogP contribution in [0.4, 0.5) is 0 Å². The van der Waals surface area contributed by atoms with Crippen molar-refractivity contribution in [2.24, 2.45) is 11.7 Å². The Hall–Kier alpha value is -0.380. The van der Waals surface area contributed by atoms with Gasteiger partial charge < -0.3 is 5.73 Å². The second kappa shape index (κ2) is 5.80. The molecular weight excluding hydrogens is 216 g/mol. The average Bonchev–Trinajstić information content (AvgIpc) is 3.03. The number of rotatable bonds is 7. The van der Waals surface area contributed by atoms with Gasteiger partial charge in [-0.3, -0.25) is 4.90 Å². The van der Waals surface area contributed by atoms with Gasteiger partial charge in [-0.15, -0.1) is 11.3 Å². The second-order valence-electron chi connectivity index (χ2n) is 4.74. The van der Waals surface area contributed by atoms with Crippen LogP contribution in [0.25, 0.3) is 0 Å². The van der Waals surface area contributed by atoms with Crippen LogP contribution in [0.2, 0.25) is 0 Å². The van der Waals surface area contributed by atoms with Crippen LogP contribution in [0.1, 0.15) is 31.1 Å². The highest BCUT2D eigenvalue weighted by Crippen LogP contribution is 2.32. The molecular formula is C13H22N2S. The van der Waals surface area contributed by atoms with Crippen LogP contribution in [0, 0.1) is 5.92 Å². The highest BCUT2D eigenvalue weighted by molar-refractivity contribution is 7.09. The predicted molar refractivity (Wildman–Crippen MR) is 70.6 cm³/mol. The summed E-state index contributed by atoms with van der Waals surface area (Å²) in [6.07, 6.45) is 3.88. The summed E-state index contributed by atoms with van der Waals surface area (Å²) in [6.45, 7) is 5.59. The van der Waals surface area contributed by atoms with Crippen LogP contribution in [-0.4, -0.2) is 24.0 Å². The third-order valence-electron chi connectivity index (χ3n) is 3.41. The summed E-state index contributed by atoms with van der Waals surface area (Å²) in [5.74, 6) is 0.834. The van der Waals surface area contributed by atoms with Crippen LogP contribution in [-0.2, 0) is 6.54 Å². The SMILES string of the molecule is CCN(CCC(N)C1CC1)Cc1cccs1. The first-order chi connectivity index (χ1) is 7.79. The number of hydrogen-bond donors (Lipinski definition) is 1. The normalized spacial score (nSPS) is 17.9. The summed E-state index contributed by atoms with van der Waals surface area (Å²) >= 11 is 1.85. The van der Waals surface area contributed by atoms with Gasteiger partial charge in [-0.2, -0.15) is 0 Å². The molecule has 1 fully saturated rings. The molecule has 2 rings (SSSR count). The molecule has 1 heterocycles. The van der Waals surface area contributed by atoms with Gasteiger partial charge >= 0.3 is 0 Å². The third kappa shape index (κ3) is 3.58. The van der Waals surface area contributed by atoms with E-state index in [1.807, 2.05) is 11.3 Å². The molecule has 16 heavy (non-hydrogen) atoms. The molecule has 0 radical (unpaired) electrons. The minimum Gasteiger partial charge on any atom is -0.327 e. The van der Waals surface area contributed by atoms with Crippen molar-refractivity contribution >= 4 is 11.3 Å². The lowest BCUT2D eigenvalue weighted by Gasteiger charge is -2.21. The lowest BCUT2D eigenvalue weighted by molar-refractivity contribution is 0.266. The Kier molecular flexibility index (Phi) is 4.38. The van der Waals surface area contributed by atoms with Gasteiger partial charge in [-0.25, -0.2) is 0 Å². The summed E-state index contributed by atoms with van der Waals surface area (Å²) < 4.78 is 0. The topological polar surface area (TPSA) is 29.3 Å². The van der Waals surface area contributed by atoms with Gasteiger partial charge in [0.1, 0.15) is 0 Å². The number of hydrogen-bond acceptors (Lipinski definition) is 3. The molecule has 90 valence electrons. The van der Waals surface area contributed by atoms with E-state index in [9.17, 15) is 0 Å². The molecule has 1 aliphatic carbocycles. The fourth-order valence-electron chi connectivity index (χ4n) is 2.06. The van der Waals surface area contributed by atoms with E-state index in [0.29, 0.717) is 6.04 Å². The van der Waals surface area contributed by atoms with Crippen LogP contribution >= 0.6 is 11.3 Å². The molecule has 0 spiro atoms. The highest BCUT2D eigenvalue weighted by Gasteiger charge is 2.28. The van der Waals surface area contributed by atoms with E-state index < -0.39 is 0 Å². The number of nitrogens with two attached hydrogens (primary N) is 1. The molecule has 1 unspecified atom stereocenters. The van der Waals surface area contributed by atoms with Crippen molar-refractivity contribution < 1.29 is 0 Å². The van der Waals surface area contributed by atoms with Crippen LogP contribution in [0.3, 0.4) is 0 Å². The van der Waals surface area contributed by atoms with E-state index in [2.05, 4.69) is 29.3 Å². The Morgan fingerprint density at radius 2 is 2.38 bits per heavy atom. The van der Waals surface area contributed by atoms with Gasteiger partial charge in [-0.05, 0) is 49.7 Å². The fraction of sp³-hybridized carbons (Fsp3) is 0.692. The van der Waals surface area contributed by atoms with Crippen molar-refractivity contribution in [1.82, 2.24) is 4.90 Å². The molecule has 2 nitrogen and oxygen atoms in total. The number of nitrogens with zero attached hydrogens (tertiary/aromatic N) is 1. The van der Waals surface area contributed by atoms with Crippen molar-refractivity contribution in [2.75, 3.05) is 13.1 Å². The molecule has 1 aliphatic rings. The summed E-state index contributed by atoms with van der Waals surface area (Å²) in [6, 6.07) is 4.79. The zero-order valence-corrected chi connectivity index (χ0v) is 10.9.